The molecule has 4 N–H and O–H groups in total. The number of aryl methyl sites for hydroxylation is 2. The molecule has 0 amide bonds. The van der Waals surface area contributed by atoms with Crippen LogP contribution in [0.5, 0.6) is 11.5 Å². The maximum atomic E-state index is 12.7. The summed E-state index contributed by atoms with van der Waals surface area (Å²) < 4.78 is 13.7. The van der Waals surface area contributed by atoms with Crippen molar-refractivity contribution in [2.24, 2.45) is 0 Å². The monoisotopic (exact) mass is 590 g/mol. The van der Waals surface area contributed by atoms with Crippen molar-refractivity contribution in [3.8, 4) is 11.5 Å². The highest BCUT2D eigenvalue weighted by atomic mass is 79.9. The Morgan fingerprint density at radius 2 is 1.44 bits per heavy atom. The molecule has 4 rings (SSSR count). The van der Waals surface area contributed by atoms with Crippen LogP contribution in [0, 0.1) is 13.8 Å². The molecule has 0 spiro atoms. The van der Waals surface area contributed by atoms with Gasteiger partial charge in [-0.25, -0.2) is 0 Å². The molecule has 4 aromatic rings. The Labute approximate surface area is 212 Å². The highest BCUT2D eigenvalue weighted by molar-refractivity contribution is 9.10. The third-order valence-corrected chi connectivity index (χ3v) is 6.68. The lowest BCUT2D eigenvalue weighted by Crippen LogP contribution is -2.20. The molecule has 2 aromatic heterocycles. The first-order valence-electron chi connectivity index (χ1n) is 10.7. The summed E-state index contributed by atoms with van der Waals surface area (Å²) >= 11 is 7.06. The van der Waals surface area contributed by atoms with E-state index in [1.54, 1.807) is 13.8 Å². The normalized spacial score (nSPS) is 11.2. The van der Waals surface area contributed by atoms with Gasteiger partial charge in [0.25, 0.3) is 11.1 Å². The summed E-state index contributed by atoms with van der Waals surface area (Å²) in [6, 6.07) is 11.6. The molecule has 8 nitrogen and oxygen atoms in total. The van der Waals surface area contributed by atoms with Gasteiger partial charge in [-0.2, -0.15) is 0 Å². The van der Waals surface area contributed by atoms with E-state index < -0.39 is 5.92 Å². The lowest BCUT2D eigenvalue weighted by atomic mass is 9.85. The lowest BCUT2D eigenvalue weighted by Gasteiger charge is -2.20. The fourth-order valence-corrected chi connectivity index (χ4v) is 4.82. The fourth-order valence-electron chi connectivity index (χ4n) is 3.98. The third kappa shape index (κ3) is 4.78. The van der Waals surface area contributed by atoms with Crippen molar-refractivity contribution >= 4 is 31.9 Å². The smallest absolute Gasteiger partial charge is 0.268 e. The van der Waals surface area contributed by atoms with Gasteiger partial charge < -0.3 is 19.7 Å². The van der Waals surface area contributed by atoms with Gasteiger partial charge in [-0.3, -0.25) is 19.8 Å². The van der Waals surface area contributed by atoms with Gasteiger partial charge in [0.05, 0.1) is 22.2 Å². The van der Waals surface area contributed by atoms with Crippen LogP contribution in [0.4, 0.5) is 0 Å². The third-order valence-electron chi connectivity index (χ3n) is 5.56. The van der Waals surface area contributed by atoms with E-state index in [0.29, 0.717) is 57.3 Å². The number of benzene rings is 2. The highest BCUT2D eigenvalue weighted by Crippen LogP contribution is 2.42. The van der Waals surface area contributed by atoms with E-state index in [2.05, 4.69) is 52.3 Å². The summed E-state index contributed by atoms with van der Waals surface area (Å²) in [5.41, 5.74) is 3.38. The second kappa shape index (κ2) is 10.1. The molecule has 34 heavy (non-hydrogen) atoms. The van der Waals surface area contributed by atoms with Gasteiger partial charge in [-0.15, -0.1) is 0 Å². The number of hydrogen-bond donors (Lipinski definition) is 4. The number of rotatable bonds is 8. The van der Waals surface area contributed by atoms with Crippen molar-refractivity contribution in [1.82, 2.24) is 20.4 Å². The number of H-pyrrole nitrogens is 4. The van der Waals surface area contributed by atoms with E-state index in [0.717, 1.165) is 10.0 Å². The van der Waals surface area contributed by atoms with E-state index in [-0.39, 0.29) is 11.1 Å². The summed E-state index contributed by atoms with van der Waals surface area (Å²) in [6.07, 6.45) is 0. The predicted molar refractivity (Wildman–Crippen MR) is 137 cm³/mol. The maximum absolute atomic E-state index is 12.7. The second-order valence-electron chi connectivity index (χ2n) is 7.85. The highest BCUT2D eigenvalue weighted by Gasteiger charge is 2.29. The quantitative estimate of drug-likeness (QED) is 0.230. The van der Waals surface area contributed by atoms with Gasteiger partial charge in [-0.05, 0) is 72.1 Å². The van der Waals surface area contributed by atoms with Crippen molar-refractivity contribution in [2.75, 3.05) is 6.61 Å². The molecule has 0 saturated carbocycles. The molecule has 10 heteroatoms. The topological polar surface area (TPSA) is 116 Å². The molecule has 0 aliphatic heterocycles. The van der Waals surface area contributed by atoms with Crippen LogP contribution < -0.4 is 20.6 Å². The first-order chi connectivity index (χ1) is 16.3. The Kier molecular flexibility index (Phi) is 7.18. The molecule has 2 aromatic carbocycles. The second-order valence-corrected chi connectivity index (χ2v) is 9.62. The minimum atomic E-state index is -0.624. The molecule has 0 fully saturated rings. The number of nitrogens with one attached hydrogen (secondary N) is 4. The van der Waals surface area contributed by atoms with Crippen molar-refractivity contribution < 1.29 is 9.47 Å². The van der Waals surface area contributed by atoms with Crippen LogP contribution >= 0.6 is 31.9 Å². The largest absolute Gasteiger partial charge is 0.490 e. The zero-order chi connectivity index (χ0) is 24.4. The van der Waals surface area contributed by atoms with Gasteiger partial charge >= 0.3 is 0 Å². The first-order valence-corrected chi connectivity index (χ1v) is 12.3. The lowest BCUT2D eigenvalue weighted by molar-refractivity contribution is 0.267. The Hall–Kier alpha value is -2.98. The molecule has 0 aliphatic rings. The molecule has 0 unspecified atom stereocenters. The molecule has 0 saturated heterocycles. The van der Waals surface area contributed by atoms with Gasteiger partial charge in [-0.1, -0.05) is 28.1 Å². The van der Waals surface area contributed by atoms with E-state index in [9.17, 15) is 9.59 Å². The van der Waals surface area contributed by atoms with Crippen molar-refractivity contribution in [3.05, 3.63) is 99.7 Å². The number of aromatic nitrogens is 4. The summed E-state index contributed by atoms with van der Waals surface area (Å²) in [7, 11) is 0. The summed E-state index contributed by atoms with van der Waals surface area (Å²) in [4.78, 5) is 25.5. The minimum absolute atomic E-state index is 0.285. The Morgan fingerprint density at radius 1 is 0.853 bits per heavy atom. The minimum Gasteiger partial charge on any atom is -0.490 e. The van der Waals surface area contributed by atoms with Gasteiger partial charge in [0, 0.05) is 21.8 Å². The Balaban J connectivity index is 1.82. The number of hydrogen-bond acceptors (Lipinski definition) is 4. The number of halogens is 2. The summed E-state index contributed by atoms with van der Waals surface area (Å²) in [5, 5.41) is 11.0. The van der Waals surface area contributed by atoms with E-state index in [1.807, 2.05) is 43.3 Å². The van der Waals surface area contributed by atoms with E-state index in [1.165, 1.54) is 0 Å². The number of ether oxygens (including phenoxy) is 2. The van der Waals surface area contributed by atoms with Gasteiger partial charge in [0.1, 0.15) is 6.61 Å². The van der Waals surface area contributed by atoms with Crippen LogP contribution in [-0.2, 0) is 6.61 Å². The van der Waals surface area contributed by atoms with Crippen LogP contribution in [0.3, 0.4) is 0 Å². The van der Waals surface area contributed by atoms with Crippen LogP contribution in [-0.4, -0.2) is 27.0 Å². The molecule has 0 bridgehead atoms. The molecular weight excluding hydrogens is 568 g/mol. The molecule has 0 atom stereocenters. The Morgan fingerprint density at radius 3 is 1.94 bits per heavy atom. The van der Waals surface area contributed by atoms with Gasteiger partial charge in [0.2, 0.25) is 0 Å². The van der Waals surface area contributed by atoms with Crippen molar-refractivity contribution in [2.45, 2.75) is 33.3 Å². The van der Waals surface area contributed by atoms with Crippen LogP contribution in [0.15, 0.2) is 54.9 Å². The van der Waals surface area contributed by atoms with Crippen molar-refractivity contribution in [3.63, 3.8) is 0 Å². The number of aromatic amines is 4. The first kappa shape index (κ1) is 24.2. The van der Waals surface area contributed by atoms with E-state index >= 15 is 0 Å². The molecule has 0 radical (unpaired) electrons. The van der Waals surface area contributed by atoms with Gasteiger partial charge in [0.15, 0.2) is 11.5 Å². The fraction of sp³-hybridized carbons (Fsp3) is 0.250. The SMILES string of the molecule is CCOc1cc(C(c2c(C)[nH][nH]c2=O)c2c(C)[nH][nH]c2=O)cc(Br)c1OCc1ccc(Br)cc1. The standard InChI is InChI=1S/C24H24Br2N4O4/c1-4-33-18-10-15(9-17(26)22(18)34-11-14-5-7-16(25)8-6-14)21(19-12(2)27-29-23(19)31)20-13(3)28-30-24(20)32/h5-10,21H,4,11H2,1-3H3,(H2,27,29,31)(H2,28,30,32). The molecule has 178 valence electrons. The Bertz CT molecular complexity index is 1360. The molecule has 0 aliphatic carbocycles. The van der Waals surface area contributed by atoms with Crippen LogP contribution in [0.1, 0.15) is 46.5 Å². The molecule has 2 heterocycles. The average Bonchev–Trinajstić information content (AvgIpc) is 3.31. The molecular formula is C24H24Br2N4O4. The maximum Gasteiger partial charge on any atom is 0.268 e. The van der Waals surface area contributed by atoms with Crippen LogP contribution in [0.25, 0.3) is 0 Å². The average molecular weight is 592 g/mol. The van der Waals surface area contributed by atoms with Crippen LogP contribution in [0.2, 0.25) is 0 Å². The van der Waals surface area contributed by atoms with Crippen molar-refractivity contribution in [1.29, 1.82) is 0 Å². The zero-order valence-corrected chi connectivity index (χ0v) is 22.0. The van der Waals surface area contributed by atoms with E-state index in [4.69, 9.17) is 9.47 Å². The predicted octanol–water partition coefficient (Wildman–Crippen LogP) is 5.02. The summed E-state index contributed by atoms with van der Waals surface area (Å²) in [6.45, 7) is 6.25. The zero-order valence-electron chi connectivity index (χ0n) is 18.8. The summed E-state index contributed by atoms with van der Waals surface area (Å²) in [5.74, 6) is 0.441.